The van der Waals surface area contributed by atoms with Crippen LogP contribution in [0.4, 0.5) is 0 Å². The predicted octanol–water partition coefficient (Wildman–Crippen LogP) is 1.76. The molecule has 0 aliphatic carbocycles. The van der Waals surface area contributed by atoms with E-state index in [0.717, 1.165) is 12.0 Å². The first kappa shape index (κ1) is 18.1. The molecule has 0 atom stereocenters. The Morgan fingerprint density at radius 1 is 1.38 bits per heavy atom. The van der Waals surface area contributed by atoms with E-state index < -0.39 is 0 Å². The molecule has 0 spiro atoms. The zero-order chi connectivity index (χ0) is 17.9. The highest BCUT2D eigenvalue weighted by Crippen LogP contribution is 2.41. The van der Waals surface area contributed by atoms with Crippen LogP contribution in [0.2, 0.25) is 0 Å². The molecule has 24 heavy (non-hydrogen) atoms. The van der Waals surface area contributed by atoms with Crippen LogP contribution in [0.5, 0.6) is 11.5 Å². The Morgan fingerprint density at radius 3 is 2.75 bits per heavy atom. The van der Waals surface area contributed by atoms with Crippen LogP contribution in [-0.2, 0) is 16.0 Å². The van der Waals surface area contributed by atoms with E-state index in [2.05, 4.69) is 5.32 Å². The zero-order valence-electron chi connectivity index (χ0n) is 15.0. The van der Waals surface area contributed by atoms with Crippen LogP contribution < -0.4 is 14.8 Å². The second-order valence-corrected chi connectivity index (χ2v) is 7.04. The van der Waals surface area contributed by atoms with Crippen molar-refractivity contribution in [3.8, 4) is 11.5 Å². The fourth-order valence-corrected chi connectivity index (χ4v) is 2.62. The molecule has 0 fully saturated rings. The van der Waals surface area contributed by atoms with Crippen molar-refractivity contribution in [1.82, 2.24) is 10.2 Å². The number of rotatable bonds is 6. The lowest BCUT2D eigenvalue weighted by Gasteiger charge is -2.20. The minimum Gasteiger partial charge on any atom is -0.483 e. The van der Waals surface area contributed by atoms with E-state index >= 15 is 0 Å². The number of para-hydroxylation sites is 1. The minimum absolute atomic E-state index is 0.0107. The Kier molecular flexibility index (Phi) is 5.36. The van der Waals surface area contributed by atoms with Gasteiger partial charge in [0.2, 0.25) is 5.91 Å². The van der Waals surface area contributed by atoms with Crippen molar-refractivity contribution in [2.75, 3.05) is 20.2 Å². The standard InChI is InChI=1S/C18H26N2O4/c1-12(2)19-15(21)10-20(5)16(22)11-23-14-8-6-7-13-9-18(3,4)24-17(13)14/h6-8,12H,9-11H2,1-5H3,(H,19,21). The molecule has 0 unspecified atom stereocenters. The number of likely N-dealkylation sites (N-methyl/N-ethyl adjacent to an activating group) is 1. The van der Waals surface area contributed by atoms with Gasteiger partial charge in [-0.3, -0.25) is 9.59 Å². The molecule has 6 heteroatoms. The maximum atomic E-state index is 12.1. The highest BCUT2D eigenvalue weighted by molar-refractivity contribution is 5.85. The number of hydrogen-bond acceptors (Lipinski definition) is 4. The number of fused-ring (bicyclic) bond motifs is 1. The van der Waals surface area contributed by atoms with E-state index in [4.69, 9.17) is 9.47 Å². The fraction of sp³-hybridized carbons (Fsp3) is 0.556. The third-order valence-corrected chi connectivity index (χ3v) is 3.66. The number of amides is 2. The smallest absolute Gasteiger partial charge is 0.260 e. The molecule has 1 aliphatic heterocycles. The highest BCUT2D eigenvalue weighted by atomic mass is 16.5. The summed E-state index contributed by atoms with van der Waals surface area (Å²) in [6.45, 7) is 7.66. The van der Waals surface area contributed by atoms with Crippen molar-refractivity contribution in [3.63, 3.8) is 0 Å². The zero-order valence-corrected chi connectivity index (χ0v) is 15.0. The van der Waals surface area contributed by atoms with Crippen molar-refractivity contribution in [2.45, 2.75) is 45.8 Å². The Labute approximate surface area is 143 Å². The molecule has 0 aromatic heterocycles. The van der Waals surface area contributed by atoms with Gasteiger partial charge in [0.25, 0.3) is 5.91 Å². The summed E-state index contributed by atoms with van der Waals surface area (Å²) in [4.78, 5) is 25.2. The van der Waals surface area contributed by atoms with E-state index in [0.29, 0.717) is 11.5 Å². The molecule has 1 N–H and O–H groups in total. The number of hydrogen-bond donors (Lipinski definition) is 1. The summed E-state index contributed by atoms with van der Waals surface area (Å²) in [6, 6.07) is 5.73. The molecule has 2 amide bonds. The first-order chi connectivity index (χ1) is 11.2. The molecule has 0 radical (unpaired) electrons. The average Bonchev–Trinajstić information content (AvgIpc) is 2.77. The van der Waals surface area contributed by atoms with E-state index in [9.17, 15) is 9.59 Å². The topological polar surface area (TPSA) is 67.9 Å². The Morgan fingerprint density at radius 2 is 2.08 bits per heavy atom. The van der Waals surface area contributed by atoms with Gasteiger partial charge < -0.3 is 19.7 Å². The molecular weight excluding hydrogens is 308 g/mol. The summed E-state index contributed by atoms with van der Waals surface area (Å²) in [5.41, 5.74) is 0.812. The minimum atomic E-state index is -0.266. The van der Waals surface area contributed by atoms with Crippen LogP contribution in [0.3, 0.4) is 0 Å². The molecule has 0 saturated heterocycles. The Balaban J connectivity index is 1.91. The van der Waals surface area contributed by atoms with Crippen LogP contribution in [-0.4, -0.2) is 48.6 Å². The van der Waals surface area contributed by atoms with Gasteiger partial charge in [-0.25, -0.2) is 0 Å². The van der Waals surface area contributed by atoms with Gasteiger partial charge in [-0.1, -0.05) is 12.1 Å². The SMILES string of the molecule is CC(C)NC(=O)CN(C)C(=O)COc1cccc2c1OC(C)(C)C2. The first-order valence-corrected chi connectivity index (χ1v) is 8.15. The molecule has 2 rings (SSSR count). The van der Waals surface area contributed by atoms with E-state index in [1.165, 1.54) is 4.90 Å². The largest absolute Gasteiger partial charge is 0.483 e. The average molecular weight is 334 g/mol. The third kappa shape index (κ3) is 4.63. The molecule has 1 aromatic rings. The summed E-state index contributed by atoms with van der Waals surface area (Å²) >= 11 is 0. The molecule has 1 heterocycles. The van der Waals surface area contributed by atoms with E-state index in [1.54, 1.807) is 13.1 Å². The molecule has 6 nitrogen and oxygen atoms in total. The van der Waals surface area contributed by atoms with Gasteiger partial charge >= 0.3 is 0 Å². The van der Waals surface area contributed by atoms with Gasteiger partial charge in [0, 0.05) is 25.1 Å². The maximum Gasteiger partial charge on any atom is 0.260 e. The number of benzene rings is 1. The number of carbonyl (C=O) groups excluding carboxylic acids is 2. The summed E-state index contributed by atoms with van der Waals surface area (Å²) in [5, 5.41) is 2.75. The van der Waals surface area contributed by atoms with Crippen molar-refractivity contribution < 1.29 is 19.1 Å². The molecule has 132 valence electrons. The van der Waals surface area contributed by atoms with Gasteiger partial charge in [0.1, 0.15) is 5.60 Å². The van der Waals surface area contributed by atoms with Crippen molar-refractivity contribution >= 4 is 11.8 Å². The monoisotopic (exact) mass is 334 g/mol. The molecule has 0 bridgehead atoms. The van der Waals surface area contributed by atoms with Crippen molar-refractivity contribution in [3.05, 3.63) is 23.8 Å². The van der Waals surface area contributed by atoms with Gasteiger partial charge in [-0.15, -0.1) is 0 Å². The third-order valence-electron chi connectivity index (χ3n) is 3.66. The van der Waals surface area contributed by atoms with Gasteiger partial charge in [0.15, 0.2) is 18.1 Å². The number of nitrogens with one attached hydrogen (secondary N) is 1. The molecular formula is C18H26N2O4. The van der Waals surface area contributed by atoms with Crippen molar-refractivity contribution in [2.24, 2.45) is 0 Å². The molecule has 0 saturated carbocycles. The summed E-state index contributed by atoms with van der Waals surface area (Å²) in [5.74, 6) is 0.817. The summed E-state index contributed by atoms with van der Waals surface area (Å²) in [7, 11) is 1.58. The second kappa shape index (κ2) is 7.11. The van der Waals surface area contributed by atoms with Crippen LogP contribution in [0.25, 0.3) is 0 Å². The van der Waals surface area contributed by atoms with E-state index in [-0.39, 0.29) is 36.6 Å². The predicted molar refractivity (Wildman–Crippen MR) is 91.3 cm³/mol. The van der Waals surface area contributed by atoms with Gasteiger partial charge in [-0.2, -0.15) is 0 Å². The van der Waals surface area contributed by atoms with Crippen LogP contribution in [0.15, 0.2) is 18.2 Å². The lowest BCUT2D eigenvalue weighted by Crippen LogP contribution is -2.42. The number of ether oxygens (including phenoxy) is 2. The summed E-state index contributed by atoms with van der Waals surface area (Å²) in [6.07, 6.45) is 0.808. The second-order valence-electron chi connectivity index (χ2n) is 7.04. The first-order valence-electron chi connectivity index (χ1n) is 8.15. The molecule has 1 aliphatic rings. The quantitative estimate of drug-likeness (QED) is 0.861. The Bertz CT molecular complexity index is 625. The highest BCUT2D eigenvalue weighted by Gasteiger charge is 2.32. The Hall–Kier alpha value is -2.24. The van der Waals surface area contributed by atoms with Crippen LogP contribution >= 0.6 is 0 Å². The normalized spacial score (nSPS) is 14.8. The number of carbonyl (C=O) groups is 2. The fourth-order valence-electron chi connectivity index (χ4n) is 2.62. The van der Waals surface area contributed by atoms with E-state index in [1.807, 2.05) is 39.8 Å². The van der Waals surface area contributed by atoms with Crippen LogP contribution in [0, 0.1) is 0 Å². The number of nitrogens with zero attached hydrogens (tertiary/aromatic N) is 1. The van der Waals surface area contributed by atoms with Crippen LogP contribution in [0.1, 0.15) is 33.3 Å². The van der Waals surface area contributed by atoms with Gasteiger partial charge in [-0.05, 0) is 33.8 Å². The lowest BCUT2D eigenvalue weighted by atomic mass is 10.0. The van der Waals surface area contributed by atoms with Gasteiger partial charge in [0.05, 0.1) is 6.54 Å². The lowest BCUT2D eigenvalue weighted by molar-refractivity contribution is -0.136. The maximum absolute atomic E-state index is 12.1. The molecule has 1 aromatic carbocycles. The summed E-state index contributed by atoms with van der Waals surface area (Å²) < 4.78 is 11.6. The van der Waals surface area contributed by atoms with Crippen molar-refractivity contribution in [1.29, 1.82) is 0 Å².